The van der Waals surface area contributed by atoms with E-state index in [-0.39, 0.29) is 6.61 Å². The summed E-state index contributed by atoms with van der Waals surface area (Å²) < 4.78 is 16.8. The van der Waals surface area contributed by atoms with E-state index in [1.165, 1.54) is 0 Å². The molecule has 0 bridgehead atoms. The highest BCUT2D eigenvalue weighted by Gasteiger charge is 2.25. The van der Waals surface area contributed by atoms with Crippen LogP contribution in [0.1, 0.15) is 55.5 Å². The van der Waals surface area contributed by atoms with E-state index in [0.29, 0.717) is 44.3 Å². The van der Waals surface area contributed by atoms with Gasteiger partial charge in [0.15, 0.2) is 18.2 Å². The number of alkyl carbamates (subject to hydrolysis) is 1. The van der Waals surface area contributed by atoms with Gasteiger partial charge in [-0.15, -0.1) is 0 Å². The van der Waals surface area contributed by atoms with Crippen LogP contribution in [-0.2, 0) is 27.2 Å². The van der Waals surface area contributed by atoms with E-state index in [4.69, 9.17) is 19.9 Å². The van der Waals surface area contributed by atoms with Crippen molar-refractivity contribution in [3.63, 3.8) is 0 Å². The Morgan fingerprint density at radius 1 is 1.00 bits per heavy atom. The third-order valence-electron chi connectivity index (χ3n) is 6.91. The van der Waals surface area contributed by atoms with E-state index in [0.717, 1.165) is 28.7 Å². The second-order valence-corrected chi connectivity index (χ2v) is 11.6. The molecule has 1 aliphatic rings. The lowest BCUT2D eigenvalue weighted by molar-refractivity contribution is -0.159. The minimum Gasteiger partial charge on any atom is -0.490 e. The lowest BCUT2D eigenvalue weighted by atomic mass is 9.99. The molecule has 4 N–H and O–H groups in total. The molecule has 0 unspecified atom stereocenters. The van der Waals surface area contributed by atoms with Crippen LogP contribution in [0.3, 0.4) is 0 Å². The van der Waals surface area contributed by atoms with Crippen LogP contribution in [0.25, 0.3) is 0 Å². The zero-order valence-electron chi connectivity index (χ0n) is 25.6. The topological polar surface area (TPSA) is 136 Å². The Labute approximate surface area is 258 Å². The molecule has 234 valence electrons. The Morgan fingerprint density at radius 3 is 2.30 bits per heavy atom. The second-order valence-electron chi connectivity index (χ2n) is 11.6. The van der Waals surface area contributed by atoms with E-state index in [9.17, 15) is 14.7 Å². The van der Waals surface area contributed by atoms with E-state index < -0.39 is 29.9 Å². The van der Waals surface area contributed by atoms with Gasteiger partial charge in [-0.05, 0) is 68.0 Å². The third-order valence-corrected chi connectivity index (χ3v) is 6.91. The first kappa shape index (κ1) is 32.3. The van der Waals surface area contributed by atoms with Crippen LogP contribution in [0, 0.1) is 0 Å². The lowest BCUT2D eigenvalue weighted by Crippen LogP contribution is -2.41. The molecule has 0 aromatic heterocycles. The van der Waals surface area contributed by atoms with Gasteiger partial charge in [0.05, 0.1) is 0 Å². The number of guanidine groups is 1. The number of carbonyl (C=O) groups excluding carboxylic acids is 2. The minimum absolute atomic E-state index is 0.234. The average Bonchev–Trinajstić information content (AvgIpc) is 3.01. The van der Waals surface area contributed by atoms with Crippen LogP contribution in [0.15, 0.2) is 83.9 Å². The predicted molar refractivity (Wildman–Crippen MR) is 168 cm³/mol. The second kappa shape index (κ2) is 15.2. The fourth-order valence-corrected chi connectivity index (χ4v) is 4.71. The summed E-state index contributed by atoms with van der Waals surface area (Å²) in [6.07, 6.45) is -1.16. The van der Waals surface area contributed by atoms with E-state index >= 15 is 0 Å². The van der Waals surface area contributed by atoms with Crippen LogP contribution in [0.5, 0.6) is 5.75 Å². The molecule has 3 aromatic carbocycles. The Balaban J connectivity index is 1.25. The molecule has 3 aromatic rings. The molecule has 1 atom stereocenters. The van der Waals surface area contributed by atoms with E-state index in [1.54, 1.807) is 0 Å². The summed E-state index contributed by atoms with van der Waals surface area (Å²) in [4.78, 5) is 31.1. The van der Waals surface area contributed by atoms with Gasteiger partial charge in [0.2, 0.25) is 0 Å². The predicted octanol–water partition coefficient (Wildman–Crippen LogP) is 4.35. The number of aliphatic imine (C=N–C) groups is 1. The molecule has 0 fully saturated rings. The molecule has 10 heteroatoms. The molecule has 44 heavy (non-hydrogen) atoms. The molecule has 0 aliphatic carbocycles. The number of nitrogens with one attached hydrogen (secondary N) is 1. The van der Waals surface area contributed by atoms with Crippen LogP contribution in [0.4, 0.5) is 4.79 Å². The Hall–Kier alpha value is -4.57. The van der Waals surface area contributed by atoms with Gasteiger partial charge in [0.1, 0.15) is 18.0 Å². The average molecular weight is 603 g/mol. The number of aliphatic hydroxyl groups is 1. The van der Waals surface area contributed by atoms with Gasteiger partial charge in [0.25, 0.3) is 0 Å². The van der Waals surface area contributed by atoms with Crippen LogP contribution in [0.2, 0.25) is 0 Å². The number of rotatable bonds is 11. The van der Waals surface area contributed by atoms with Gasteiger partial charge < -0.3 is 35.3 Å². The molecular formula is C34H42N4O6. The zero-order chi connectivity index (χ0) is 31.5. The van der Waals surface area contributed by atoms with Crippen molar-refractivity contribution in [3.05, 3.63) is 101 Å². The number of carbonyl (C=O) groups is 2. The maximum Gasteiger partial charge on any atom is 0.407 e. The van der Waals surface area contributed by atoms with Crippen molar-refractivity contribution in [1.29, 1.82) is 0 Å². The van der Waals surface area contributed by atoms with Gasteiger partial charge >= 0.3 is 12.1 Å². The fraction of sp³-hybridized carbons (Fsp3) is 0.382. The number of hydrogen-bond acceptors (Lipinski definition) is 7. The Kier molecular flexibility index (Phi) is 11.2. The fourth-order valence-electron chi connectivity index (χ4n) is 4.71. The highest BCUT2D eigenvalue weighted by Crippen LogP contribution is 2.27. The van der Waals surface area contributed by atoms with Crippen molar-refractivity contribution >= 4 is 18.0 Å². The number of benzene rings is 3. The van der Waals surface area contributed by atoms with Crippen LogP contribution < -0.4 is 15.8 Å². The monoisotopic (exact) mass is 602 g/mol. The summed E-state index contributed by atoms with van der Waals surface area (Å²) >= 11 is 0. The lowest BCUT2D eigenvalue weighted by Gasteiger charge is -2.30. The van der Waals surface area contributed by atoms with Crippen molar-refractivity contribution in [2.75, 3.05) is 26.2 Å². The number of amides is 1. The third kappa shape index (κ3) is 9.74. The standard InChI is InChI=1S/C34H42N4O6/c1-34(2,3)44-33(41)37-19-10-18-36-32(35)38-20-17-26-21-28(16-15-27(26)22-38)42-23-29(39)31(40)43-30(24-11-6-4-7-12-24)25-13-8-5-9-14-25/h4-9,11-16,21,29-30,39H,10,17-20,22-23H2,1-3H3,(H2,35,36)(H,37,41)/t29-/m1/s1. The summed E-state index contributed by atoms with van der Waals surface area (Å²) in [5.74, 6) is 0.261. The minimum atomic E-state index is -1.45. The highest BCUT2D eigenvalue weighted by atomic mass is 16.6. The van der Waals surface area contributed by atoms with Crippen molar-refractivity contribution in [1.82, 2.24) is 10.2 Å². The van der Waals surface area contributed by atoms with Crippen molar-refractivity contribution in [2.45, 2.75) is 58.0 Å². The molecule has 0 saturated heterocycles. The summed E-state index contributed by atoms with van der Waals surface area (Å²) in [6.45, 7) is 7.46. The Morgan fingerprint density at radius 2 is 1.66 bits per heavy atom. The number of nitrogens with zero attached hydrogens (tertiary/aromatic N) is 2. The number of fused-ring (bicyclic) bond motifs is 1. The van der Waals surface area contributed by atoms with Crippen LogP contribution >= 0.6 is 0 Å². The van der Waals surface area contributed by atoms with Crippen LogP contribution in [-0.4, -0.2) is 66.0 Å². The van der Waals surface area contributed by atoms with Gasteiger partial charge in [-0.3, -0.25) is 4.99 Å². The number of hydrogen-bond donors (Lipinski definition) is 3. The maximum absolute atomic E-state index is 12.8. The van der Waals surface area contributed by atoms with Crippen molar-refractivity contribution in [2.24, 2.45) is 10.7 Å². The van der Waals surface area contributed by atoms with Gasteiger partial charge in [-0.2, -0.15) is 0 Å². The highest BCUT2D eigenvalue weighted by molar-refractivity contribution is 5.78. The summed E-state index contributed by atoms with van der Waals surface area (Å²) in [5, 5.41) is 13.3. The SMILES string of the molecule is CC(C)(C)OC(=O)NCCCN=C(N)N1CCc2cc(OC[C@@H](O)C(=O)OC(c3ccccc3)c3ccccc3)ccc2C1. The number of aliphatic hydroxyl groups excluding tert-OH is 1. The largest absolute Gasteiger partial charge is 0.490 e. The zero-order valence-corrected chi connectivity index (χ0v) is 25.6. The quantitative estimate of drug-likeness (QED) is 0.128. The normalized spacial score (nSPS) is 14.0. The first-order valence-corrected chi connectivity index (χ1v) is 14.8. The Bertz CT molecular complexity index is 1370. The molecule has 1 amide bonds. The summed E-state index contributed by atoms with van der Waals surface area (Å²) in [7, 11) is 0. The van der Waals surface area contributed by atoms with E-state index in [2.05, 4.69) is 10.3 Å². The first-order chi connectivity index (χ1) is 21.1. The maximum atomic E-state index is 12.8. The van der Waals surface area contributed by atoms with Gasteiger partial charge in [-0.25, -0.2) is 9.59 Å². The smallest absolute Gasteiger partial charge is 0.407 e. The number of esters is 1. The summed E-state index contributed by atoms with van der Waals surface area (Å²) in [6, 6.07) is 24.5. The molecule has 1 heterocycles. The number of nitrogens with two attached hydrogens (primary N) is 1. The van der Waals surface area contributed by atoms with Crippen molar-refractivity contribution in [3.8, 4) is 5.75 Å². The van der Waals surface area contributed by atoms with Gasteiger partial charge in [-0.1, -0.05) is 66.7 Å². The summed E-state index contributed by atoms with van der Waals surface area (Å²) in [5.41, 5.74) is 9.54. The first-order valence-electron chi connectivity index (χ1n) is 14.8. The molecule has 4 rings (SSSR count). The van der Waals surface area contributed by atoms with Crippen molar-refractivity contribution < 1.29 is 28.9 Å². The van der Waals surface area contributed by atoms with Gasteiger partial charge in [0, 0.05) is 26.2 Å². The molecule has 1 aliphatic heterocycles. The molecule has 0 radical (unpaired) electrons. The molecule has 0 saturated carbocycles. The molecular weight excluding hydrogens is 560 g/mol. The molecule has 10 nitrogen and oxygen atoms in total. The molecule has 0 spiro atoms. The van der Waals surface area contributed by atoms with E-state index in [1.807, 2.05) is 105 Å². The number of ether oxygens (including phenoxy) is 3.